The molecule has 2 aliphatic rings. The third kappa shape index (κ3) is 47.1. The van der Waals surface area contributed by atoms with Gasteiger partial charge in [0.1, 0.15) is 48.8 Å². The number of carbonyl (C=O) groups excluding carboxylic acids is 1. The fourth-order valence-electron chi connectivity index (χ4n) is 13.2. The number of aliphatic hydroxyl groups is 8. The summed E-state index contributed by atoms with van der Waals surface area (Å²) >= 11 is 0. The van der Waals surface area contributed by atoms with Gasteiger partial charge in [-0.05, 0) is 57.8 Å². The number of nitrogens with one attached hydrogen (secondary N) is 1. The van der Waals surface area contributed by atoms with Crippen LogP contribution in [-0.2, 0) is 23.7 Å². The average molecular weight is 1330 g/mol. The number of carbonyl (C=O) groups is 1. The summed E-state index contributed by atoms with van der Waals surface area (Å²) in [6, 6.07) is -0.917. The number of rotatable bonds is 67. The Morgan fingerprint density at radius 2 is 0.702 bits per heavy atom. The average Bonchev–Trinajstić information content (AvgIpc) is 0.794. The Bertz CT molecular complexity index is 1760. The van der Waals surface area contributed by atoms with E-state index in [0.29, 0.717) is 6.42 Å². The Morgan fingerprint density at radius 3 is 1.07 bits per heavy atom. The van der Waals surface area contributed by atoms with Gasteiger partial charge in [0.2, 0.25) is 5.91 Å². The minimum atomic E-state index is -1.79. The molecule has 2 heterocycles. The lowest BCUT2D eigenvalue weighted by Gasteiger charge is -2.46. The van der Waals surface area contributed by atoms with Crippen molar-refractivity contribution >= 4 is 5.91 Å². The van der Waals surface area contributed by atoms with Gasteiger partial charge in [0.05, 0.1) is 32.0 Å². The molecule has 14 heteroatoms. The lowest BCUT2D eigenvalue weighted by Crippen LogP contribution is -2.65. The van der Waals surface area contributed by atoms with E-state index in [9.17, 15) is 45.6 Å². The Hall–Kier alpha value is -2.05. The molecular formula is C80H149NO13. The van der Waals surface area contributed by atoms with Crippen molar-refractivity contribution in [3.8, 4) is 0 Å². The third-order valence-electron chi connectivity index (χ3n) is 19.5. The molecule has 2 fully saturated rings. The molecule has 94 heavy (non-hydrogen) atoms. The van der Waals surface area contributed by atoms with Crippen molar-refractivity contribution in [2.24, 2.45) is 0 Å². The maximum Gasteiger partial charge on any atom is 0.220 e. The van der Waals surface area contributed by atoms with Crippen molar-refractivity contribution < 1.29 is 64.6 Å². The SMILES string of the molecule is CCCCCCC/C=C\C/C=C\C/C=C\CCCCCCCCCCCCCCCCCCC(=O)NC(COC1OC(CO)C(OC2OC(CO)C(O)C(O)C2O)C(O)C1O)C(O)/C=C/CCCCCCCCCCCCCCCCCCCCCCCCCCCCC. The van der Waals surface area contributed by atoms with E-state index in [1.54, 1.807) is 6.08 Å². The van der Waals surface area contributed by atoms with Gasteiger partial charge in [-0.3, -0.25) is 4.79 Å². The molecule has 0 aromatic carbocycles. The van der Waals surface area contributed by atoms with E-state index >= 15 is 0 Å². The van der Waals surface area contributed by atoms with Crippen molar-refractivity contribution in [1.82, 2.24) is 5.32 Å². The summed E-state index contributed by atoms with van der Waals surface area (Å²) in [5.74, 6) is -0.234. The third-order valence-corrected chi connectivity index (χ3v) is 19.5. The van der Waals surface area contributed by atoms with Crippen LogP contribution in [0.3, 0.4) is 0 Å². The van der Waals surface area contributed by atoms with Crippen LogP contribution in [0.25, 0.3) is 0 Å². The number of ether oxygens (including phenoxy) is 4. The molecule has 9 N–H and O–H groups in total. The summed E-state index contributed by atoms with van der Waals surface area (Å²) in [6.45, 7) is 2.85. The molecule has 12 unspecified atom stereocenters. The van der Waals surface area contributed by atoms with E-state index in [-0.39, 0.29) is 18.9 Å². The monoisotopic (exact) mass is 1330 g/mol. The smallest absolute Gasteiger partial charge is 0.220 e. The van der Waals surface area contributed by atoms with Crippen LogP contribution in [0.5, 0.6) is 0 Å². The Labute approximate surface area is 575 Å². The molecule has 2 aliphatic heterocycles. The fraction of sp³-hybridized carbons (Fsp3) is 0.887. The number of hydrogen-bond acceptors (Lipinski definition) is 13. The number of amides is 1. The predicted molar refractivity (Wildman–Crippen MR) is 388 cm³/mol. The number of unbranched alkanes of at least 4 members (excludes halogenated alkanes) is 48. The minimum Gasteiger partial charge on any atom is -0.394 e. The number of allylic oxidation sites excluding steroid dienone is 7. The Balaban J connectivity index is 1.63. The van der Waals surface area contributed by atoms with Gasteiger partial charge in [0.25, 0.3) is 0 Å². The van der Waals surface area contributed by atoms with Gasteiger partial charge >= 0.3 is 0 Å². The van der Waals surface area contributed by atoms with E-state index in [4.69, 9.17) is 18.9 Å². The van der Waals surface area contributed by atoms with E-state index in [2.05, 4.69) is 55.6 Å². The highest BCUT2D eigenvalue weighted by molar-refractivity contribution is 5.76. The maximum absolute atomic E-state index is 13.4. The van der Waals surface area contributed by atoms with E-state index in [1.165, 1.54) is 283 Å². The second-order valence-electron chi connectivity index (χ2n) is 28.2. The lowest BCUT2D eigenvalue weighted by molar-refractivity contribution is -0.359. The molecule has 0 saturated carbocycles. The topological polar surface area (TPSA) is 228 Å². The molecule has 0 aliphatic carbocycles. The van der Waals surface area contributed by atoms with Crippen LogP contribution < -0.4 is 5.32 Å². The van der Waals surface area contributed by atoms with Gasteiger partial charge in [-0.25, -0.2) is 0 Å². The van der Waals surface area contributed by atoms with E-state index < -0.39 is 86.8 Å². The molecule has 12 atom stereocenters. The van der Waals surface area contributed by atoms with Crippen LogP contribution >= 0.6 is 0 Å². The first-order chi connectivity index (χ1) is 46.1. The van der Waals surface area contributed by atoms with Crippen molar-refractivity contribution in [2.45, 2.75) is 434 Å². The molecule has 1 amide bonds. The van der Waals surface area contributed by atoms with Gasteiger partial charge < -0.3 is 65.1 Å². The minimum absolute atomic E-state index is 0.234. The van der Waals surface area contributed by atoms with Crippen molar-refractivity contribution in [2.75, 3.05) is 19.8 Å². The van der Waals surface area contributed by atoms with Gasteiger partial charge in [0.15, 0.2) is 12.6 Å². The van der Waals surface area contributed by atoms with Crippen LogP contribution in [-0.4, -0.2) is 140 Å². The highest BCUT2D eigenvalue weighted by Crippen LogP contribution is 2.30. The highest BCUT2D eigenvalue weighted by atomic mass is 16.7. The van der Waals surface area contributed by atoms with Crippen LogP contribution in [0.1, 0.15) is 361 Å². The molecular weight excluding hydrogens is 1180 g/mol. The van der Waals surface area contributed by atoms with E-state index in [1.807, 2.05) is 6.08 Å². The lowest BCUT2D eigenvalue weighted by atomic mass is 9.97. The Morgan fingerprint density at radius 1 is 0.383 bits per heavy atom. The quantitative estimate of drug-likeness (QED) is 0.0204. The maximum atomic E-state index is 13.4. The molecule has 0 aromatic rings. The Kier molecular flexibility index (Phi) is 60.3. The van der Waals surface area contributed by atoms with Crippen molar-refractivity contribution in [1.29, 1.82) is 0 Å². The fourth-order valence-corrected chi connectivity index (χ4v) is 13.2. The van der Waals surface area contributed by atoms with Crippen LogP contribution in [0.15, 0.2) is 48.6 Å². The molecule has 0 bridgehead atoms. The van der Waals surface area contributed by atoms with Gasteiger partial charge in [-0.2, -0.15) is 0 Å². The van der Waals surface area contributed by atoms with Crippen LogP contribution in [0.4, 0.5) is 0 Å². The van der Waals surface area contributed by atoms with Crippen molar-refractivity contribution in [3.63, 3.8) is 0 Å². The summed E-state index contributed by atoms with van der Waals surface area (Å²) in [5.41, 5.74) is 0. The van der Waals surface area contributed by atoms with Crippen LogP contribution in [0.2, 0.25) is 0 Å². The zero-order valence-electron chi connectivity index (χ0n) is 60.5. The number of aliphatic hydroxyl groups excluding tert-OH is 8. The standard InChI is InChI=1S/C80H149NO13/c1-3-5-7-9-11-13-15-17-19-21-23-25-27-29-31-33-34-36-38-40-42-44-46-48-50-52-54-56-58-60-62-64-72(85)81-68(67-91-79-77(90)75(88)78(71(66-83)93-79)94-80-76(89)74(87)73(86)70(65-82)92-80)69(84)63-61-59-57-55-53-51-49-47-45-43-41-39-37-35-32-30-28-26-24-22-20-18-16-14-12-10-8-6-4-2/h15,17,21,23,27,29,61,63,68-71,73-80,82-84,86-90H,3-14,16,18-20,22,24-26,28,30-60,62,64-67H2,1-2H3,(H,81,85)/b17-15-,23-21-,29-27-,63-61+. The molecule has 0 spiro atoms. The zero-order chi connectivity index (χ0) is 68.0. The summed E-state index contributed by atoms with van der Waals surface area (Å²) in [7, 11) is 0. The first-order valence-corrected chi connectivity index (χ1v) is 39.9. The molecule has 0 radical (unpaired) electrons. The van der Waals surface area contributed by atoms with Crippen LogP contribution in [0, 0.1) is 0 Å². The highest BCUT2D eigenvalue weighted by Gasteiger charge is 2.51. The largest absolute Gasteiger partial charge is 0.394 e. The van der Waals surface area contributed by atoms with Gasteiger partial charge in [-0.1, -0.05) is 345 Å². The van der Waals surface area contributed by atoms with E-state index in [0.717, 1.165) is 51.4 Å². The summed E-state index contributed by atoms with van der Waals surface area (Å²) in [6.07, 6.45) is 69.0. The zero-order valence-corrected chi connectivity index (χ0v) is 60.5. The second-order valence-corrected chi connectivity index (χ2v) is 28.2. The van der Waals surface area contributed by atoms with Crippen molar-refractivity contribution in [3.05, 3.63) is 48.6 Å². The second kappa shape index (κ2) is 64.3. The first-order valence-electron chi connectivity index (χ1n) is 39.9. The molecule has 14 nitrogen and oxygen atoms in total. The predicted octanol–water partition coefficient (Wildman–Crippen LogP) is 17.8. The van der Waals surface area contributed by atoms with Gasteiger partial charge in [0, 0.05) is 6.42 Å². The molecule has 552 valence electrons. The molecule has 2 saturated heterocycles. The first kappa shape index (κ1) is 88.0. The summed E-state index contributed by atoms with van der Waals surface area (Å²) in [4.78, 5) is 13.4. The summed E-state index contributed by atoms with van der Waals surface area (Å²) < 4.78 is 22.9. The molecule has 2 rings (SSSR count). The normalized spacial score (nSPS) is 22.7. The molecule has 0 aromatic heterocycles. The number of hydrogen-bond donors (Lipinski definition) is 9. The summed E-state index contributed by atoms with van der Waals surface area (Å²) in [5, 5.41) is 87.7. The van der Waals surface area contributed by atoms with Gasteiger partial charge in [-0.15, -0.1) is 0 Å².